The summed E-state index contributed by atoms with van der Waals surface area (Å²) in [6, 6.07) is 24.0. The minimum absolute atomic E-state index is 0.0222. The maximum atomic E-state index is 12.6. The Morgan fingerprint density at radius 1 is 0.488 bits per heavy atom. The van der Waals surface area contributed by atoms with E-state index in [2.05, 4.69) is 60.2 Å². The van der Waals surface area contributed by atoms with Crippen molar-refractivity contribution in [1.29, 1.82) is 0 Å². The van der Waals surface area contributed by atoms with Crippen molar-refractivity contribution in [2.45, 2.75) is 183 Å². The van der Waals surface area contributed by atoms with Crippen LogP contribution in [0.25, 0.3) is 68.6 Å². The van der Waals surface area contributed by atoms with E-state index >= 15 is 0 Å². The number of carbonyl (C=O) groups excluding carboxylic acids is 4. The molecule has 4 aliphatic rings. The second-order valence-electron chi connectivity index (χ2n) is 22.7. The molecule has 4 aliphatic heterocycles. The fourth-order valence-corrected chi connectivity index (χ4v) is 11.9. The Kier molecular flexibility index (Phi) is 20.3. The third kappa shape index (κ3) is 14.3. The molecule has 0 aliphatic carbocycles. The van der Waals surface area contributed by atoms with Gasteiger partial charge in [0.15, 0.2) is 12.2 Å². The van der Waals surface area contributed by atoms with E-state index in [9.17, 15) is 19.2 Å². The number of unbranched alkanes of at least 4 members (excludes halogenated alkanes) is 6. The number of nitrogens with one attached hydrogen (secondary N) is 2. The number of hydrogen-bond acceptors (Lipinski definition) is 14. The van der Waals surface area contributed by atoms with Crippen molar-refractivity contribution in [3.8, 4) is 33.8 Å². The minimum Gasteiger partial charge on any atom is -0.464 e. The highest BCUT2D eigenvalue weighted by Gasteiger charge is 2.49. The zero-order chi connectivity index (χ0) is 59.6. The molecule has 2 aromatic carbocycles. The molecule has 10 atom stereocenters. The fraction of sp³-hybridized carbons (Fsp3) is 0.471. The smallest absolute Gasteiger partial charge is 0.303 e. The van der Waals surface area contributed by atoms with Crippen LogP contribution in [-0.2, 0) is 60.4 Å². The van der Waals surface area contributed by atoms with Crippen molar-refractivity contribution >= 4 is 70.2 Å². The molecule has 0 amide bonds. The summed E-state index contributed by atoms with van der Waals surface area (Å²) in [5, 5.41) is 0. The molecule has 0 saturated carbocycles. The van der Waals surface area contributed by atoms with Crippen LogP contribution in [0.4, 0.5) is 0 Å². The molecular formula is C68H82N4O12. The maximum absolute atomic E-state index is 12.6. The molecule has 2 saturated heterocycles. The van der Waals surface area contributed by atoms with Crippen LogP contribution in [-0.4, -0.2) is 93.5 Å². The molecule has 9 rings (SSSR count). The van der Waals surface area contributed by atoms with E-state index in [0.29, 0.717) is 29.3 Å². The maximum Gasteiger partial charge on any atom is 0.303 e. The molecule has 4 unspecified atom stereocenters. The van der Waals surface area contributed by atoms with Crippen molar-refractivity contribution in [2.24, 2.45) is 17.8 Å². The summed E-state index contributed by atoms with van der Waals surface area (Å²) >= 11 is 0. The number of aryl methyl sites for hydroxylation is 2. The van der Waals surface area contributed by atoms with Gasteiger partial charge in [0.1, 0.15) is 30.3 Å². The Morgan fingerprint density at radius 2 is 0.952 bits per heavy atom. The van der Waals surface area contributed by atoms with Crippen LogP contribution in [0, 0.1) is 17.8 Å². The summed E-state index contributed by atoms with van der Waals surface area (Å²) in [6.45, 7) is 17.6. The molecule has 0 radical (unpaired) electrons. The van der Waals surface area contributed by atoms with Gasteiger partial charge in [-0.25, -0.2) is 9.97 Å². The van der Waals surface area contributed by atoms with Crippen LogP contribution in [0.5, 0.6) is 11.5 Å². The first kappa shape index (κ1) is 61.0. The molecule has 0 spiro atoms. The van der Waals surface area contributed by atoms with Gasteiger partial charge in [-0.3, -0.25) is 19.2 Å². The van der Waals surface area contributed by atoms with Crippen LogP contribution in [0.3, 0.4) is 0 Å². The number of hydrogen-bond donors (Lipinski definition) is 2. The summed E-state index contributed by atoms with van der Waals surface area (Å²) in [4.78, 5) is 68.1. The van der Waals surface area contributed by atoms with E-state index in [1.807, 2.05) is 88.4 Å². The van der Waals surface area contributed by atoms with Gasteiger partial charge in [-0.05, 0) is 122 Å². The lowest BCUT2D eigenvalue weighted by Crippen LogP contribution is -2.57. The van der Waals surface area contributed by atoms with Gasteiger partial charge >= 0.3 is 23.9 Å². The van der Waals surface area contributed by atoms with E-state index in [1.54, 1.807) is 0 Å². The van der Waals surface area contributed by atoms with Crippen LogP contribution in [0.15, 0.2) is 72.8 Å². The number of benzene rings is 2. The molecule has 16 heteroatoms. The predicted octanol–water partition coefficient (Wildman–Crippen LogP) is 14.1. The number of fused-ring (bicyclic) bond motifs is 8. The van der Waals surface area contributed by atoms with Gasteiger partial charge in [-0.2, -0.15) is 0 Å². The molecule has 16 nitrogen and oxygen atoms in total. The van der Waals surface area contributed by atoms with E-state index < -0.39 is 72.9 Å². The number of aromatic nitrogens is 4. The fourth-order valence-electron chi connectivity index (χ4n) is 11.9. The number of aromatic amines is 2. The number of nitrogens with zero attached hydrogens (tertiary/aromatic N) is 2. The molecule has 7 heterocycles. The third-order valence-electron chi connectivity index (χ3n) is 16.5. The summed E-state index contributed by atoms with van der Waals surface area (Å²) in [5.74, 6) is -1.77. The Bertz CT molecular complexity index is 3410. The zero-order valence-corrected chi connectivity index (χ0v) is 50.3. The van der Waals surface area contributed by atoms with Crippen molar-refractivity contribution in [3.05, 3.63) is 107 Å². The molecular weight excluding hydrogens is 1060 g/mol. The standard InChI is InChI=1S/C68H82N4O12/c1-11-14-16-18-26-50-52-28-29-53(69-52)51(27-19-17-15-12-2)55-31-33-57(71-55)63(47-23-21-25-49(37-47)82-68-65(79-44(9)75)40(5)39(4)61(84-68)38-77-42(7)73)59-35-34-58(72-59)62(56-32-30-54(50)70-56)46-22-20-24-48(36-46)81-67-41(6)64(78-43(8)74)66(80-45(10)76)60(13-3)83-67/h20-25,28-37,39-41,60-61,64-68,70-71H,11-19,26-27,38H2,1-10H3/t39-,40-,41+,60?,61?,64?,65?,66-,67-,68+/m0/s1. The highest BCUT2D eigenvalue weighted by Crippen LogP contribution is 2.41. The van der Waals surface area contributed by atoms with Gasteiger partial charge in [0.05, 0.1) is 34.8 Å². The Morgan fingerprint density at radius 3 is 1.45 bits per heavy atom. The molecule has 2 N–H and O–H groups in total. The number of carbonyl (C=O) groups is 4. The average molecular weight is 1150 g/mol. The second-order valence-corrected chi connectivity index (χ2v) is 22.7. The summed E-state index contributed by atoms with van der Waals surface area (Å²) in [6.07, 6.45) is 13.9. The molecule has 446 valence electrons. The number of ether oxygens (including phenoxy) is 8. The van der Waals surface area contributed by atoms with Gasteiger partial charge < -0.3 is 47.9 Å². The topological polar surface area (TPSA) is 199 Å². The Labute approximate surface area is 493 Å². The van der Waals surface area contributed by atoms with E-state index in [1.165, 1.54) is 27.7 Å². The summed E-state index contributed by atoms with van der Waals surface area (Å²) in [5.41, 5.74) is 12.3. The molecule has 3 aromatic heterocycles. The summed E-state index contributed by atoms with van der Waals surface area (Å²) in [7, 11) is 0. The molecule has 8 bridgehead atoms. The SMILES string of the molecule is CCCCCCc1c2nc(c(CCCCCC)c3ccc([nH]3)c(-c3cccc(O[C@H]4OC(CC)[C@H](OC(C)=O)C(OC(C)=O)[C@H]4C)c3)c3nc(c(-c4cccc(O[C@@H]5OC(COC(C)=O)[C@@H](C)[C@H](C)C5OC(C)=O)c4)c4ccc1[nH]4)C=C3)C=C2. The molecule has 2 fully saturated rings. The van der Waals surface area contributed by atoms with Gasteiger partial charge in [-0.15, -0.1) is 0 Å². The zero-order valence-electron chi connectivity index (χ0n) is 50.3. The first-order valence-electron chi connectivity index (χ1n) is 30.2. The van der Waals surface area contributed by atoms with Gasteiger partial charge in [0, 0.05) is 77.9 Å². The second kappa shape index (κ2) is 27.9. The number of esters is 4. The van der Waals surface area contributed by atoms with E-state index in [0.717, 1.165) is 131 Å². The van der Waals surface area contributed by atoms with Crippen molar-refractivity contribution in [2.75, 3.05) is 6.61 Å². The lowest BCUT2D eigenvalue weighted by molar-refractivity contribution is -0.261. The first-order chi connectivity index (χ1) is 40.5. The van der Waals surface area contributed by atoms with Crippen LogP contribution in [0.1, 0.15) is 161 Å². The average Bonchev–Trinajstić information content (AvgIpc) is 2.35. The normalized spacial score (nSPS) is 22.7. The van der Waals surface area contributed by atoms with Crippen LogP contribution in [0.2, 0.25) is 0 Å². The van der Waals surface area contributed by atoms with Gasteiger partial charge in [0.25, 0.3) is 0 Å². The number of rotatable bonds is 22. The van der Waals surface area contributed by atoms with Gasteiger partial charge in [-0.1, -0.05) is 104 Å². The van der Waals surface area contributed by atoms with Crippen molar-refractivity contribution in [3.63, 3.8) is 0 Å². The highest BCUT2D eigenvalue weighted by molar-refractivity contribution is 5.96. The van der Waals surface area contributed by atoms with Gasteiger partial charge in [0.2, 0.25) is 12.6 Å². The van der Waals surface area contributed by atoms with Crippen LogP contribution < -0.4 is 9.47 Å². The first-order valence-corrected chi connectivity index (χ1v) is 30.2. The van der Waals surface area contributed by atoms with E-state index in [-0.39, 0.29) is 18.4 Å². The largest absolute Gasteiger partial charge is 0.464 e. The Hall–Kier alpha value is -7.56. The van der Waals surface area contributed by atoms with Crippen molar-refractivity contribution < 1.29 is 57.1 Å². The minimum atomic E-state index is -1.02. The lowest BCUT2D eigenvalue weighted by Gasteiger charge is -2.43. The molecule has 5 aromatic rings. The molecule has 84 heavy (non-hydrogen) atoms. The monoisotopic (exact) mass is 1150 g/mol. The number of H-pyrrole nitrogens is 2. The van der Waals surface area contributed by atoms with Crippen molar-refractivity contribution in [1.82, 2.24) is 19.9 Å². The highest BCUT2D eigenvalue weighted by atomic mass is 16.7. The predicted molar refractivity (Wildman–Crippen MR) is 325 cm³/mol. The Balaban J connectivity index is 1.23. The summed E-state index contributed by atoms with van der Waals surface area (Å²) < 4.78 is 49.4. The third-order valence-corrected chi connectivity index (χ3v) is 16.5. The quantitative estimate of drug-likeness (QED) is 0.0369. The van der Waals surface area contributed by atoms with Crippen LogP contribution >= 0.6 is 0 Å². The van der Waals surface area contributed by atoms with E-state index in [4.69, 9.17) is 47.9 Å². The lowest BCUT2D eigenvalue weighted by atomic mass is 9.83.